The quantitative estimate of drug-likeness (QED) is 0.272. The minimum atomic E-state index is -0.235. The molecule has 2 amide bonds. The lowest BCUT2D eigenvalue weighted by Gasteiger charge is -2.33. The molecular weight excluding hydrogens is 518 g/mol. The molecule has 7 nitrogen and oxygen atoms in total. The minimum absolute atomic E-state index is 0.0711. The molecule has 0 radical (unpaired) electrons. The van der Waals surface area contributed by atoms with Crippen molar-refractivity contribution in [3.63, 3.8) is 0 Å². The van der Waals surface area contributed by atoms with E-state index in [1.54, 1.807) is 19.3 Å². The molecule has 0 aliphatic carbocycles. The first-order valence-electron chi connectivity index (χ1n) is 12.8. The van der Waals surface area contributed by atoms with E-state index in [0.29, 0.717) is 47.3 Å². The first kappa shape index (κ1) is 29.5. The summed E-state index contributed by atoms with van der Waals surface area (Å²) < 4.78 is 0. The highest BCUT2D eigenvalue weighted by Gasteiger charge is 2.30. The number of nitrogens with two attached hydrogens (primary N) is 1. The summed E-state index contributed by atoms with van der Waals surface area (Å²) in [7, 11) is 1.62. The zero-order chi connectivity index (χ0) is 28.2. The maximum atomic E-state index is 13.7. The number of nitrogens with zero attached hydrogens (tertiary/aromatic N) is 3. The highest BCUT2D eigenvalue weighted by Crippen LogP contribution is 2.32. The van der Waals surface area contributed by atoms with Crippen LogP contribution in [0.3, 0.4) is 0 Å². The highest BCUT2D eigenvalue weighted by molar-refractivity contribution is 7.10. The molecule has 3 rings (SSSR count). The molecule has 9 heteroatoms. The molecule has 38 heavy (non-hydrogen) atoms. The standard InChI is InChI=1S/C29H38ClN5O2S/c1-8-18(3)23-11-10-19(30)15-35(23)22(9-2)28(37)34-13-12-20-21(17-38-24(20)16-34)27(36)33-26(32-7)14-25(31)29(4,5)6/h9-11,14-15,17H,8,12-13,16,31H2,1-7H3,(H,32,33,36)/b22-9-,23-18?,25-14-. The van der Waals surface area contributed by atoms with Gasteiger partial charge >= 0.3 is 0 Å². The second-order valence-corrected chi connectivity index (χ2v) is 11.8. The average Bonchev–Trinajstić information content (AvgIpc) is 3.31. The normalized spacial score (nSPS) is 18.3. The van der Waals surface area contributed by atoms with Crippen molar-refractivity contribution in [3.05, 3.63) is 79.6 Å². The van der Waals surface area contributed by atoms with Crippen LogP contribution in [0.1, 0.15) is 68.8 Å². The van der Waals surface area contributed by atoms with Crippen LogP contribution in [0.5, 0.6) is 0 Å². The SMILES string of the molecule is C/C=C(/C(=O)N1CCc2c(C(=O)NC(/C=C(\N)C(C)(C)C)=NC)csc2C1)N1C=C(Cl)C=CC1=C(C)CC. The van der Waals surface area contributed by atoms with E-state index in [9.17, 15) is 9.59 Å². The molecule has 0 fully saturated rings. The Kier molecular flexibility index (Phi) is 9.44. The lowest BCUT2D eigenvalue weighted by atomic mass is 9.92. The Balaban J connectivity index is 1.79. The van der Waals surface area contributed by atoms with Gasteiger partial charge in [0, 0.05) is 46.9 Å². The predicted molar refractivity (Wildman–Crippen MR) is 158 cm³/mol. The number of hydrogen-bond acceptors (Lipinski definition) is 6. The van der Waals surface area contributed by atoms with E-state index in [4.69, 9.17) is 17.3 Å². The monoisotopic (exact) mass is 555 g/mol. The van der Waals surface area contributed by atoms with Crippen LogP contribution in [0, 0.1) is 5.41 Å². The average molecular weight is 556 g/mol. The van der Waals surface area contributed by atoms with Crippen LogP contribution in [0.25, 0.3) is 0 Å². The maximum Gasteiger partial charge on any atom is 0.270 e. The number of rotatable bonds is 5. The summed E-state index contributed by atoms with van der Waals surface area (Å²) in [5, 5.41) is 5.31. The molecule has 3 N–H and O–H groups in total. The Labute approximate surface area is 235 Å². The van der Waals surface area contributed by atoms with E-state index in [2.05, 4.69) is 24.2 Å². The van der Waals surface area contributed by atoms with Crippen molar-refractivity contribution in [1.29, 1.82) is 0 Å². The van der Waals surface area contributed by atoms with Crippen molar-refractivity contribution >= 4 is 40.6 Å². The first-order chi connectivity index (χ1) is 17.9. The zero-order valence-corrected chi connectivity index (χ0v) is 24.9. The summed E-state index contributed by atoms with van der Waals surface area (Å²) in [6.45, 7) is 13.0. The highest BCUT2D eigenvalue weighted by atomic mass is 35.5. The van der Waals surface area contributed by atoms with Crippen molar-refractivity contribution in [2.75, 3.05) is 13.6 Å². The number of aliphatic imine (C=N–C) groups is 1. The van der Waals surface area contributed by atoms with Gasteiger partial charge in [-0.05, 0) is 56.1 Å². The number of nitrogens with one attached hydrogen (secondary N) is 1. The van der Waals surface area contributed by atoms with Gasteiger partial charge in [0.25, 0.3) is 11.8 Å². The van der Waals surface area contributed by atoms with Gasteiger partial charge in [-0.1, -0.05) is 45.4 Å². The second-order valence-electron chi connectivity index (χ2n) is 10.4. The summed E-state index contributed by atoms with van der Waals surface area (Å²) in [5.74, 6) is 0.124. The number of allylic oxidation sites excluding steroid dienone is 6. The fourth-order valence-electron chi connectivity index (χ4n) is 4.13. The van der Waals surface area contributed by atoms with Crippen molar-refractivity contribution in [2.45, 2.75) is 60.9 Å². The Morgan fingerprint density at radius 3 is 2.61 bits per heavy atom. The third-order valence-corrected chi connectivity index (χ3v) is 7.99. The van der Waals surface area contributed by atoms with E-state index in [-0.39, 0.29) is 17.2 Å². The Morgan fingerprint density at radius 2 is 2.00 bits per heavy atom. The van der Waals surface area contributed by atoms with Crippen LogP contribution >= 0.6 is 22.9 Å². The van der Waals surface area contributed by atoms with Crippen LogP contribution in [0.15, 0.2) is 68.6 Å². The van der Waals surface area contributed by atoms with Gasteiger partial charge in [-0.3, -0.25) is 14.6 Å². The minimum Gasteiger partial charge on any atom is -0.401 e. The van der Waals surface area contributed by atoms with E-state index in [1.165, 1.54) is 11.3 Å². The maximum absolute atomic E-state index is 13.7. The largest absolute Gasteiger partial charge is 0.401 e. The van der Waals surface area contributed by atoms with Crippen LogP contribution in [-0.2, 0) is 17.8 Å². The van der Waals surface area contributed by atoms with Crippen molar-refractivity contribution in [3.8, 4) is 0 Å². The van der Waals surface area contributed by atoms with E-state index >= 15 is 0 Å². The molecule has 0 saturated carbocycles. The predicted octanol–water partition coefficient (Wildman–Crippen LogP) is 5.82. The molecule has 1 aromatic heterocycles. The van der Waals surface area contributed by atoms with Gasteiger partial charge in [0.05, 0.1) is 17.1 Å². The molecular formula is C29H38ClN5O2S. The lowest BCUT2D eigenvalue weighted by Crippen LogP contribution is -2.40. The van der Waals surface area contributed by atoms with Crippen molar-refractivity contribution in [2.24, 2.45) is 16.1 Å². The van der Waals surface area contributed by atoms with Gasteiger partial charge in [-0.2, -0.15) is 0 Å². The Bertz CT molecular complexity index is 1290. The summed E-state index contributed by atoms with van der Waals surface area (Å²) in [6, 6.07) is 0. The number of carbonyl (C=O) groups excluding carboxylic acids is 2. The van der Waals surface area contributed by atoms with Crippen LogP contribution in [0.4, 0.5) is 0 Å². The molecule has 0 unspecified atom stereocenters. The van der Waals surface area contributed by atoms with E-state index in [0.717, 1.165) is 28.1 Å². The van der Waals surface area contributed by atoms with Crippen LogP contribution < -0.4 is 11.1 Å². The summed E-state index contributed by atoms with van der Waals surface area (Å²) in [5.41, 5.74) is 10.8. The van der Waals surface area contributed by atoms with Gasteiger partial charge in [0.2, 0.25) is 0 Å². The van der Waals surface area contributed by atoms with Gasteiger partial charge in [-0.25, -0.2) is 0 Å². The third-order valence-electron chi connectivity index (χ3n) is 6.75. The van der Waals surface area contributed by atoms with E-state index in [1.807, 2.05) is 61.1 Å². The molecule has 0 aromatic carbocycles. The number of fused-ring (bicyclic) bond motifs is 1. The summed E-state index contributed by atoms with van der Waals surface area (Å²) in [6.07, 6.45) is 10.6. The van der Waals surface area contributed by atoms with E-state index < -0.39 is 0 Å². The van der Waals surface area contributed by atoms with Gasteiger partial charge < -0.3 is 20.9 Å². The number of amides is 2. The number of carbonyl (C=O) groups is 2. The van der Waals surface area contributed by atoms with Gasteiger partial charge in [0.1, 0.15) is 11.5 Å². The smallest absolute Gasteiger partial charge is 0.270 e. The van der Waals surface area contributed by atoms with Crippen LogP contribution in [-0.4, -0.2) is 41.0 Å². The molecule has 2 aliphatic rings. The number of amidine groups is 1. The molecule has 3 heterocycles. The molecule has 0 spiro atoms. The topological polar surface area (TPSA) is 91.0 Å². The summed E-state index contributed by atoms with van der Waals surface area (Å²) >= 11 is 7.81. The molecule has 2 aliphatic heterocycles. The third kappa shape index (κ3) is 6.48. The van der Waals surface area contributed by atoms with Crippen molar-refractivity contribution in [1.82, 2.24) is 15.1 Å². The van der Waals surface area contributed by atoms with Crippen LogP contribution in [0.2, 0.25) is 0 Å². The number of thiophene rings is 1. The number of hydrogen-bond donors (Lipinski definition) is 2. The van der Waals surface area contributed by atoms with Crippen molar-refractivity contribution < 1.29 is 9.59 Å². The lowest BCUT2D eigenvalue weighted by molar-refractivity contribution is -0.129. The van der Waals surface area contributed by atoms with Gasteiger partial charge in [0.15, 0.2) is 0 Å². The van der Waals surface area contributed by atoms with Gasteiger partial charge in [-0.15, -0.1) is 11.3 Å². The molecule has 204 valence electrons. The molecule has 1 aromatic rings. The first-order valence-corrected chi connectivity index (χ1v) is 14.0. The Hall–Kier alpha value is -3.10. The zero-order valence-electron chi connectivity index (χ0n) is 23.3. The fraction of sp³-hybridized carbons (Fsp3) is 0.414. The molecule has 0 bridgehead atoms. The molecule has 0 saturated heterocycles. The number of halogens is 1. The molecule has 0 atom stereocenters. The fourth-order valence-corrected chi connectivity index (χ4v) is 5.38. The Morgan fingerprint density at radius 1 is 1.29 bits per heavy atom. The summed E-state index contributed by atoms with van der Waals surface area (Å²) in [4.78, 5) is 35.7. The second kappa shape index (κ2) is 12.2.